The van der Waals surface area contributed by atoms with E-state index in [1.165, 1.54) is 12.8 Å². The number of hydrogen-bond acceptors (Lipinski definition) is 4. The van der Waals surface area contributed by atoms with E-state index in [0.717, 1.165) is 29.7 Å². The highest BCUT2D eigenvalue weighted by Gasteiger charge is 2.29. The molecule has 0 unspecified atom stereocenters. The van der Waals surface area contributed by atoms with Crippen molar-refractivity contribution in [2.45, 2.75) is 31.8 Å². The molecule has 21 heavy (non-hydrogen) atoms. The Balaban J connectivity index is 1.71. The van der Waals surface area contributed by atoms with Crippen molar-refractivity contribution < 1.29 is 5.21 Å². The minimum Gasteiger partial charge on any atom is -0.409 e. The number of nitrogens with two attached hydrogens (primary N) is 1. The van der Waals surface area contributed by atoms with Crippen LogP contribution in [0.4, 0.5) is 0 Å². The summed E-state index contributed by atoms with van der Waals surface area (Å²) < 4.78 is 0. The first-order valence-corrected chi connectivity index (χ1v) is 7.31. The normalized spacial score (nSPS) is 15.8. The van der Waals surface area contributed by atoms with Gasteiger partial charge >= 0.3 is 0 Å². The van der Waals surface area contributed by atoms with Gasteiger partial charge in [0.15, 0.2) is 0 Å². The van der Waals surface area contributed by atoms with E-state index in [9.17, 15) is 0 Å². The number of benzene rings is 1. The molecule has 1 aromatic carbocycles. The molecular formula is C16H20N4O. The van der Waals surface area contributed by atoms with Gasteiger partial charge in [-0.3, -0.25) is 9.88 Å². The highest BCUT2D eigenvalue weighted by molar-refractivity contribution is 5.79. The Morgan fingerprint density at radius 2 is 2.10 bits per heavy atom. The minimum absolute atomic E-state index is 0.284. The number of nitrogens with zero attached hydrogens (tertiary/aromatic N) is 3. The molecule has 1 aromatic heterocycles. The first kappa shape index (κ1) is 13.8. The van der Waals surface area contributed by atoms with Gasteiger partial charge in [0, 0.05) is 30.9 Å². The zero-order valence-electron chi connectivity index (χ0n) is 11.9. The zero-order valence-corrected chi connectivity index (χ0v) is 11.9. The van der Waals surface area contributed by atoms with Crippen molar-refractivity contribution in [3.63, 3.8) is 0 Å². The van der Waals surface area contributed by atoms with Crippen LogP contribution in [0.5, 0.6) is 0 Å². The molecule has 0 amide bonds. The fraction of sp³-hybridized carbons (Fsp3) is 0.375. The maximum Gasteiger partial charge on any atom is 0.140 e. The number of aromatic nitrogens is 1. The van der Waals surface area contributed by atoms with Crippen LogP contribution in [0, 0.1) is 0 Å². The molecular weight excluding hydrogens is 264 g/mol. The number of pyridine rings is 1. The smallest absolute Gasteiger partial charge is 0.140 e. The summed E-state index contributed by atoms with van der Waals surface area (Å²) in [6.07, 6.45) is 3.04. The number of fused-ring (bicyclic) bond motifs is 1. The van der Waals surface area contributed by atoms with E-state index in [1.807, 2.05) is 18.2 Å². The second kappa shape index (κ2) is 6.10. The maximum atomic E-state index is 8.64. The summed E-state index contributed by atoms with van der Waals surface area (Å²) in [6, 6.07) is 13.0. The largest absolute Gasteiger partial charge is 0.409 e. The Kier molecular flexibility index (Phi) is 4.01. The third-order valence-corrected chi connectivity index (χ3v) is 3.87. The van der Waals surface area contributed by atoms with Crippen LogP contribution in [0.15, 0.2) is 41.6 Å². The van der Waals surface area contributed by atoms with Crippen molar-refractivity contribution in [1.29, 1.82) is 0 Å². The van der Waals surface area contributed by atoms with Gasteiger partial charge in [-0.1, -0.05) is 29.4 Å². The fourth-order valence-corrected chi connectivity index (χ4v) is 2.54. The molecule has 0 atom stereocenters. The first-order chi connectivity index (χ1) is 10.3. The number of amidine groups is 1. The summed E-state index contributed by atoms with van der Waals surface area (Å²) in [6.45, 7) is 1.61. The molecule has 5 heteroatoms. The van der Waals surface area contributed by atoms with E-state index in [2.05, 4.69) is 28.3 Å². The molecule has 3 N–H and O–H groups in total. The molecule has 1 saturated carbocycles. The van der Waals surface area contributed by atoms with Gasteiger partial charge in [-0.05, 0) is 25.0 Å². The van der Waals surface area contributed by atoms with Crippen molar-refractivity contribution >= 4 is 16.7 Å². The van der Waals surface area contributed by atoms with Crippen LogP contribution in [0.3, 0.4) is 0 Å². The molecule has 0 bridgehead atoms. The van der Waals surface area contributed by atoms with Crippen LogP contribution in [0.25, 0.3) is 10.9 Å². The number of oxime groups is 1. The molecule has 110 valence electrons. The van der Waals surface area contributed by atoms with E-state index >= 15 is 0 Å². The van der Waals surface area contributed by atoms with Crippen molar-refractivity contribution in [1.82, 2.24) is 9.88 Å². The lowest BCUT2D eigenvalue weighted by Gasteiger charge is -2.21. The number of rotatable bonds is 6. The Morgan fingerprint density at radius 1 is 1.29 bits per heavy atom. The molecule has 0 aliphatic heterocycles. The Labute approximate surface area is 124 Å². The maximum absolute atomic E-state index is 8.64. The van der Waals surface area contributed by atoms with Gasteiger partial charge in [-0.2, -0.15) is 0 Å². The minimum atomic E-state index is 0.284. The summed E-state index contributed by atoms with van der Waals surface area (Å²) in [4.78, 5) is 7.09. The third kappa shape index (κ3) is 3.49. The van der Waals surface area contributed by atoms with E-state index < -0.39 is 0 Å². The topological polar surface area (TPSA) is 74.7 Å². The van der Waals surface area contributed by atoms with E-state index in [0.29, 0.717) is 12.5 Å². The molecule has 5 nitrogen and oxygen atoms in total. The summed E-state index contributed by atoms with van der Waals surface area (Å²) in [5.41, 5.74) is 7.67. The predicted molar refractivity (Wildman–Crippen MR) is 83.2 cm³/mol. The van der Waals surface area contributed by atoms with Crippen LogP contribution in [0.2, 0.25) is 0 Å². The fourth-order valence-electron chi connectivity index (χ4n) is 2.54. The van der Waals surface area contributed by atoms with Crippen LogP contribution < -0.4 is 5.73 Å². The molecule has 1 fully saturated rings. The zero-order chi connectivity index (χ0) is 14.7. The van der Waals surface area contributed by atoms with Crippen LogP contribution in [-0.2, 0) is 6.54 Å². The molecule has 3 rings (SSSR count). The highest BCUT2D eigenvalue weighted by atomic mass is 16.4. The Bertz CT molecular complexity index is 652. The van der Waals surface area contributed by atoms with Gasteiger partial charge in [0.25, 0.3) is 0 Å². The molecule has 0 spiro atoms. The van der Waals surface area contributed by atoms with Crippen molar-refractivity contribution in [3.8, 4) is 0 Å². The van der Waals surface area contributed by atoms with Crippen LogP contribution >= 0.6 is 0 Å². The lowest BCUT2D eigenvalue weighted by molar-refractivity contribution is 0.257. The Hall–Kier alpha value is -2.14. The van der Waals surface area contributed by atoms with E-state index in [-0.39, 0.29) is 5.84 Å². The molecule has 1 heterocycles. The molecule has 0 radical (unpaired) electrons. The standard InChI is InChI=1S/C16H20N4O/c17-16(19-21)9-10-20(14-7-8-14)11-13-6-5-12-3-1-2-4-15(12)18-13/h1-6,14,21H,7-11H2,(H2,17,19). The summed E-state index contributed by atoms with van der Waals surface area (Å²) in [5.74, 6) is 0.284. The lowest BCUT2D eigenvalue weighted by atomic mass is 10.2. The third-order valence-electron chi connectivity index (χ3n) is 3.87. The monoisotopic (exact) mass is 284 g/mol. The van der Waals surface area contributed by atoms with Crippen LogP contribution in [0.1, 0.15) is 25.0 Å². The highest BCUT2D eigenvalue weighted by Crippen LogP contribution is 2.28. The van der Waals surface area contributed by atoms with Crippen LogP contribution in [-0.4, -0.2) is 33.5 Å². The van der Waals surface area contributed by atoms with Gasteiger partial charge < -0.3 is 10.9 Å². The molecule has 1 aliphatic carbocycles. The lowest BCUT2D eigenvalue weighted by Crippen LogP contribution is -2.30. The average molecular weight is 284 g/mol. The van der Waals surface area contributed by atoms with Gasteiger partial charge in [0.2, 0.25) is 0 Å². The summed E-state index contributed by atoms with van der Waals surface area (Å²) >= 11 is 0. The van der Waals surface area contributed by atoms with Crippen molar-refractivity contribution in [3.05, 3.63) is 42.1 Å². The molecule has 1 aliphatic rings. The SMILES string of the molecule is NC(CCN(Cc1ccc2ccccc2n1)C1CC1)=NO. The first-order valence-electron chi connectivity index (χ1n) is 7.31. The number of hydrogen-bond donors (Lipinski definition) is 2. The van der Waals surface area contributed by atoms with E-state index in [4.69, 9.17) is 15.9 Å². The van der Waals surface area contributed by atoms with Gasteiger partial charge in [0.1, 0.15) is 5.84 Å². The summed E-state index contributed by atoms with van der Waals surface area (Å²) in [5, 5.41) is 12.8. The van der Waals surface area contributed by atoms with Gasteiger partial charge in [-0.25, -0.2) is 0 Å². The average Bonchev–Trinajstić information content (AvgIpc) is 3.35. The second-order valence-corrected chi connectivity index (χ2v) is 5.54. The van der Waals surface area contributed by atoms with Gasteiger partial charge in [0.05, 0.1) is 11.2 Å². The quantitative estimate of drug-likeness (QED) is 0.369. The molecule has 2 aromatic rings. The van der Waals surface area contributed by atoms with Crippen molar-refractivity contribution in [2.75, 3.05) is 6.54 Å². The second-order valence-electron chi connectivity index (χ2n) is 5.54. The summed E-state index contributed by atoms with van der Waals surface area (Å²) in [7, 11) is 0. The van der Waals surface area contributed by atoms with Gasteiger partial charge in [-0.15, -0.1) is 0 Å². The van der Waals surface area contributed by atoms with E-state index in [1.54, 1.807) is 0 Å². The molecule has 0 saturated heterocycles. The van der Waals surface area contributed by atoms with Crippen molar-refractivity contribution in [2.24, 2.45) is 10.9 Å². The Morgan fingerprint density at radius 3 is 2.86 bits per heavy atom. The predicted octanol–water partition coefficient (Wildman–Crippen LogP) is 2.34. The number of para-hydroxylation sites is 1.